The molecule has 3 N–H and O–H groups in total. The smallest absolute Gasteiger partial charge is 0.272 e. The first-order valence-corrected chi connectivity index (χ1v) is 13.6. The molecule has 202 valence electrons. The van der Waals surface area contributed by atoms with Gasteiger partial charge in [-0.2, -0.15) is 0 Å². The number of halogens is 2. The van der Waals surface area contributed by atoms with Crippen LogP contribution in [0.3, 0.4) is 0 Å². The summed E-state index contributed by atoms with van der Waals surface area (Å²) in [5.74, 6) is -1.77. The average Bonchev–Trinajstić information content (AvgIpc) is 2.94. The topological polar surface area (TPSA) is 87.3 Å². The first-order valence-electron chi connectivity index (χ1n) is 12.2. The second-order valence-corrected chi connectivity index (χ2v) is 10.2. The Kier molecular flexibility index (Phi) is 9.72. The SMILES string of the molecule is Cc1cccc(NC(=O)CSc2ccc(NC(=O)/C(=C/c3c(F)cccc3Cl)NC(=O)c3ccccc3)cc2)c1. The zero-order chi connectivity index (χ0) is 28.5. The van der Waals surface area contributed by atoms with E-state index in [0.717, 1.165) is 16.1 Å². The van der Waals surface area contributed by atoms with Crippen LogP contribution in [0.2, 0.25) is 5.02 Å². The molecule has 0 heterocycles. The lowest BCUT2D eigenvalue weighted by atomic mass is 10.1. The van der Waals surface area contributed by atoms with Gasteiger partial charge >= 0.3 is 0 Å². The number of hydrogen-bond donors (Lipinski definition) is 3. The molecule has 0 aliphatic rings. The second-order valence-electron chi connectivity index (χ2n) is 8.70. The average molecular weight is 574 g/mol. The summed E-state index contributed by atoms with van der Waals surface area (Å²) < 4.78 is 14.5. The maximum Gasteiger partial charge on any atom is 0.272 e. The monoisotopic (exact) mass is 573 g/mol. The number of nitrogens with one attached hydrogen (secondary N) is 3. The first-order chi connectivity index (χ1) is 19.3. The number of carbonyl (C=O) groups is 3. The molecule has 0 unspecified atom stereocenters. The van der Waals surface area contributed by atoms with Crippen molar-refractivity contribution in [3.63, 3.8) is 0 Å². The zero-order valence-electron chi connectivity index (χ0n) is 21.4. The van der Waals surface area contributed by atoms with Gasteiger partial charge in [-0.3, -0.25) is 14.4 Å². The molecular formula is C31H25ClFN3O3S. The van der Waals surface area contributed by atoms with E-state index in [-0.39, 0.29) is 27.9 Å². The third-order valence-corrected chi connectivity index (χ3v) is 6.94. The molecular weight excluding hydrogens is 549 g/mol. The predicted octanol–water partition coefficient (Wildman–Crippen LogP) is 6.93. The number of anilines is 2. The molecule has 6 nitrogen and oxygen atoms in total. The van der Waals surface area contributed by atoms with Gasteiger partial charge in [0.1, 0.15) is 11.5 Å². The summed E-state index contributed by atoms with van der Waals surface area (Å²) in [6.45, 7) is 1.95. The molecule has 0 aliphatic heterocycles. The maximum absolute atomic E-state index is 14.5. The van der Waals surface area contributed by atoms with Gasteiger partial charge in [0.15, 0.2) is 0 Å². The Morgan fingerprint density at radius 1 is 0.850 bits per heavy atom. The quantitative estimate of drug-likeness (QED) is 0.150. The molecule has 4 rings (SSSR count). The highest BCUT2D eigenvalue weighted by Crippen LogP contribution is 2.24. The van der Waals surface area contributed by atoms with Crippen molar-refractivity contribution in [2.24, 2.45) is 0 Å². The van der Waals surface area contributed by atoms with Gasteiger partial charge in [-0.1, -0.05) is 48.0 Å². The van der Waals surface area contributed by atoms with Crippen LogP contribution in [-0.2, 0) is 9.59 Å². The van der Waals surface area contributed by atoms with Gasteiger partial charge in [0.2, 0.25) is 5.91 Å². The molecule has 0 saturated carbocycles. The largest absolute Gasteiger partial charge is 0.325 e. The van der Waals surface area contributed by atoms with Crippen LogP contribution in [0.4, 0.5) is 15.8 Å². The Balaban J connectivity index is 1.44. The van der Waals surface area contributed by atoms with E-state index < -0.39 is 17.6 Å². The summed E-state index contributed by atoms with van der Waals surface area (Å²) in [7, 11) is 0. The summed E-state index contributed by atoms with van der Waals surface area (Å²) in [5.41, 5.74) is 2.35. The van der Waals surface area contributed by atoms with Gasteiger partial charge < -0.3 is 16.0 Å². The fourth-order valence-electron chi connectivity index (χ4n) is 3.64. The lowest BCUT2D eigenvalue weighted by Gasteiger charge is -2.12. The van der Waals surface area contributed by atoms with Crippen molar-refractivity contribution in [2.75, 3.05) is 16.4 Å². The molecule has 0 atom stereocenters. The van der Waals surface area contributed by atoms with E-state index in [1.165, 1.54) is 36.0 Å². The Labute approximate surface area is 240 Å². The molecule has 3 amide bonds. The van der Waals surface area contributed by atoms with E-state index in [9.17, 15) is 18.8 Å². The van der Waals surface area contributed by atoms with Crippen LogP contribution in [0.25, 0.3) is 6.08 Å². The second kappa shape index (κ2) is 13.6. The van der Waals surface area contributed by atoms with Crippen LogP contribution < -0.4 is 16.0 Å². The third-order valence-electron chi connectivity index (χ3n) is 5.60. The number of aryl methyl sites for hydroxylation is 1. The third kappa shape index (κ3) is 8.05. The van der Waals surface area contributed by atoms with E-state index in [1.807, 2.05) is 31.2 Å². The lowest BCUT2D eigenvalue weighted by Crippen LogP contribution is -2.30. The van der Waals surface area contributed by atoms with E-state index in [2.05, 4.69) is 16.0 Å². The van der Waals surface area contributed by atoms with Gasteiger partial charge in [0.05, 0.1) is 10.8 Å². The minimum atomic E-state index is -0.665. The van der Waals surface area contributed by atoms with Gasteiger partial charge in [-0.25, -0.2) is 4.39 Å². The lowest BCUT2D eigenvalue weighted by molar-refractivity contribution is -0.114. The van der Waals surface area contributed by atoms with Crippen molar-refractivity contribution in [2.45, 2.75) is 11.8 Å². The van der Waals surface area contributed by atoms with Gasteiger partial charge in [-0.05, 0) is 79.2 Å². The number of hydrogen-bond acceptors (Lipinski definition) is 4. The van der Waals surface area contributed by atoms with Crippen LogP contribution in [0.1, 0.15) is 21.5 Å². The summed E-state index contributed by atoms with van der Waals surface area (Å²) in [5, 5.41) is 8.23. The highest BCUT2D eigenvalue weighted by Gasteiger charge is 2.17. The van der Waals surface area contributed by atoms with Crippen molar-refractivity contribution in [1.29, 1.82) is 0 Å². The number of benzene rings is 4. The summed E-state index contributed by atoms with van der Waals surface area (Å²) in [6, 6.07) is 26.9. The molecule has 0 aliphatic carbocycles. The molecule has 4 aromatic rings. The maximum atomic E-state index is 14.5. The van der Waals surface area contributed by atoms with E-state index in [4.69, 9.17) is 11.6 Å². The summed E-state index contributed by atoms with van der Waals surface area (Å²) >= 11 is 7.50. The normalized spacial score (nSPS) is 11.0. The van der Waals surface area contributed by atoms with Crippen LogP contribution in [0, 0.1) is 12.7 Å². The highest BCUT2D eigenvalue weighted by molar-refractivity contribution is 8.00. The van der Waals surface area contributed by atoms with Crippen LogP contribution >= 0.6 is 23.4 Å². The van der Waals surface area contributed by atoms with Crippen LogP contribution in [-0.4, -0.2) is 23.5 Å². The molecule has 0 fully saturated rings. The fourth-order valence-corrected chi connectivity index (χ4v) is 4.55. The molecule has 40 heavy (non-hydrogen) atoms. The molecule has 0 saturated heterocycles. The predicted molar refractivity (Wildman–Crippen MR) is 159 cm³/mol. The number of thioether (sulfide) groups is 1. The Hall–Kier alpha value is -4.40. The Morgan fingerprint density at radius 3 is 2.27 bits per heavy atom. The minimum absolute atomic E-state index is 0.0293. The summed E-state index contributed by atoms with van der Waals surface area (Å²) in [4.78, 5) is 39.1. The number of carbonyl (C=O) groups excluding carboxylic acids is 3. The fraction of sp³-hybridized carbons (Fsp3) is 0.0645. The Bertz CT molecular complexity index is 1540. The molecule has 0 bridgehead atoms. The van der Waals surface area contributed by atoms with E-state index in [1.54, 1.807) is 54.6 Å². The number of rotatable bonds is 9. The molecule has 9 heteroatoms. The van der Waals surface area contributed by atoms with Crippen molar-refractivity contribution in [3.05, 3.63) is 130 Å². The molecule has 0 aromatic heterocycles. The van der Waals surface area contributed by atoms with Gasteiger partial charge in [0.25, 0.3) is 11.8 Å². The van der Waals surface area contributed by atoms with Crippen molar-refractivity contribution in [3.8, 4) is 0 Å². The molecule has 0 radical (unpaired) electrons. The van der Waals surface area contributed by atoms with E-state index in [0.29, 0.717) is 11.3 Å². The van der Waals surface area contributed by atoms with Crippen molar-refractivity contribution < 1.29 is 18.8 Å². The standard InChI is InChI=1S/C31H25ClFN3O3S/c1-20-7-5-10-23(17-20)34-29(37)19-40-24-15-13-22(14-16-24)35-31(39)28(18-25-26(32)11-6-12-27(25)33)36-30(38)21-8-3-2-4-9-21/h2-18H,19H2,1H3,(H,34,37)(H,35,39)(H,36,38)/b28-18-. The summed E-state index contributed by atoms with van der Waals surface area (Å²) in [6.07, 6.45) is 1.20. The van der Waals surface area contributed by atoms with Crippen LogP contribution in [0.5, 0.6) is 0 Å². The van der Waals surface area contributed by atoms with Gasteiger partial charge in [0, 0.05) is 27.4 Å². The van der Waals surface area contributed by atoms with Crippen LogP contribution in [0.15, 0.2) is 108 Å². The highest BCUT2D eigenvalue weighted by atomic mass is 35.5. The van der Waals surface area contributed by atoms with Gasteiger partial charge in [-0.15, -0.1) is 11.8 Å². The molecule has 4 aromatic carbocycles. The first kappa shape index (κ1) is 28.6. The number of amides is 3. The van der Waals surface area contributed by atoms with Crippen molar-refractivity contribution in [1.82, 2.24) is 5.32 Å². The minimum Gasteiger partial charge on any atom is -0.325 e. The van der Waals surface area contributed by atoms with Crippen molar-refractivity contribution >= 4 is 58.5 Å². The Morgan fingerprint density at radius 2 is 1.57 bits per heavy atom. The molecule has 0 spiro atoms. The van der Waals surface area contributed by atoms with E-state index >= 15 is 0 Å². The zero-order valence-corrected chi connectivity index (χ0v) is 23.0.